The van der Waals surface area contributed by atoms with Crippen LogP contribution in [-0.2, 0) is 6.42 Å². The number of H-pyrrole nitrogens is 2. The van der Waals surface area contributed by atoms with E-state index < -0.39 is 0 Å². The number of hydrogen-bond acceptors (Lipinski definition) is 2. The van der Waals surface area contributed by atoms with Crippen LogP contribution in [0, 0.1) is 10.2 Å². The number of aromatic nitrogens is 3. The molecule has 62 valence electrons. The van der Waals surface area contributed by atoms with Crippen molar-refractivity contribution in [2.24, 2.45) is 5.41 Å². The zero-order valence-corrected chi connectivity index (χ0v) is 7.88. The summed E-state index contributed by atoms with van der Waals surface area (Å²) in [7, 11) is 0. The molecule has 1 aromatic rings. The largest absolute Gasteiger partial charge is 0.286 e. The molecule has 0 unspecified atom stereocenters. The molecule has 1 rings (SSSR count). The van der Waals surface area contributed by atoms with Crippen LogP contribution < -0.4 is 0 Å². The Balaban J connectivity index is 2.73. The first-order chi connectivity index (χ1) is 4.97. The van der Waals surface area contributed by atoms with Crippen LogP contribution in [0.15, 0.2) is 0 Å². The number of nitrogens with one attached hydrogen (secondary N) is 2. The van der Waals surface area contributed by atoms with Gasteiger partial charge in [0.1, 0.15) is 5.82 Å². The molecule has 0 aliphatic rings. The third kappa shape index (κ3) is 2.84. The molecule has 0 amide bonds. The zero-order valence-electron chi connectivity index (χ0n) is 7.06. The van der Waals surface area contributed by atoms with E-state index in [0.29, 0.717) is 4.77 Å². The zero-order chi connectivity index (χ0) is 8.48. The Kier molecular flexibility index (Phi) is 2.13. The van der Waals surface area contributed by atoms with Gasteiger partial charge in [-0.25, -0.2) is 4.98 Å². The number of hydrogen-bond donors (Lipinski definition) is 2. The Labute approximate surface area is 71.2 Å². The van der Waals surface area contributed by atoms with Crippen LogP contribution >= 0.6 is 12.2 Å². The predicted octanol–water partition coefficient (Wildman–Crippen LogP) is 2.06. The summed E-state index contributed by atoms with van der Waals surface area (Å²) < 4.78 is 0.532. The van der Waals surface area contributed by atoms with E-state index in [1.54, 1.807) is 0 Å². The highest BCUT2D eigenvalue weighted by Crippen LogP contribution is 2.17. The summed E-state index contributed by atoms with van der Waals surface area (Å²) in [5, 5.41) is 5.69. The summed E-state index contributed by atoms with van der Waals surface area (Å²) >= 11 is 4.82. The van der Waals surface area contributed by atoms with Crippen molar-refractivity contribution in [1.29, 1.82) is 0 Å². The van der Waals surface area contributed by atoms with E-state index in [0.717, 1.165) is 12.2 Å². The van der Waals surface area contributed by atoms with Gasteiger partial charge in [-0.2, -0.15) is 0 Å². The Bertz CT molecular complexity index is 278. The maximum absolute atomic E-state index is 4.82. The summed E-state index contributed by atoms with van der Waals surface area (Å²) in [5.74, 6) is 0.933. The highest BCUT2D eigenvalue weighted by Gasteiger charge is 2.12. The summed E-state index contributed by atoms with van der Waals surface area (Å²) in [6, 6.07) is 0. The summed E-state index contributed by atoms with van der Waals surface area (Å²) in [5.41, 5.74) is 0.257. The second-order valence-electron chi connectivity index (χ2n) is 3.85. The Hall–Kier alpha value is -0.640. The Morgan fingerprint density at radius 2 is 2.00 bits per heavy atom. The molecule has 0 aliphatic heterocycles. The Morgan fingerprint density at radius 3 is 2.36 bits per heavy atom. The van der Waals surface area contributed by atoms with Crippen molar-refractivity contribution >= 4 is 12.2 Å². The van der Waals surface area contributed by atoms with E-state index in [-0.39, 0.29) is 5.41 Å². The third-order valence-electron chi connectivity index (χ3n) is 1.25. The Morgan fingerprint density at radius 1 is 1.36 bits per heavy atom. The van der Waals surface area contributed by atoms with Crippen LogP contribution in [0.25, 0.3) is 0 Å². The van der Waals surface area contributed by atoms with E-state index in [1.807, 2.05) is 0 Å². The normalized spacial score (nSPS) is 11.9. The van der Waals surface area contributed by atoms with Gasteiger partial charge in [0.15, 0.2) is 0 Å². The standard InChI is InChI=1S/C7H13N3S/c1-7(2,3)4-5-8-6(11)10-9-5/h4H2,1-3H3,(H2,8,9,10,11). The van der Waals surface area contributed by atoms with E-state index in [2.05, 4.69) is 36.0 Å². The average Bonchev–Trinajstić information content (AvgIpc) is 2.10. The van der Waals surface area contributed by atoms with Crippen LogP contribution in [0.4, 0.5) is 0 Å². The molecular formula is C7H13N3S. The van der Waals surface area contributed by atoms with Gasteiger partial charge in [-0.05, 0) is 17.6 Å². The van der Waals surface area contributed by atoms with Gasteiger partial charge in [-0.1, -0.05) is 20.8 Å². The van der Waals surface area contributed by atoms with Crippen LogP contribution in [0.3, 0.4) is 0 Å². The van der Waals surface area contributed by atoms with Gasteiger partial charge in [0, 0.05) is 6.42 Å². The SMILES string of the molecule is CC(C)(C)Cc1nc(=S)[nH][nH]1. The summed E-state index contributed by atoms with van der Waals surface area (Å²) in [6.45, 7) is 6.50. The van der Waals surface area contributed by atoms with Crippen LogP contribution in [0.1, 0.15) is 26.6 Å². The first-order valence-electron chi connectivity index (χ1n) is 3.61. The van der Waals surface area contributed by atoms with Crippen molar-refractivity contribution in [3.05, 3.63) is 10.6 Å². The minimum Gasteiger partial charge on any atom is -0.286 e. The molecule has 0 radical (unpaired) electrons. The second kappa shape index (κ2) is 2.77. The molecular weight excluding hydrogens is 158 g/mol. The van der Waals surface area contributed by atoms with Crippen molar-refractivity contribution in [3.8, 4) is 0 Å². The van der Waals surface area contributed by atoms with Crippen molar-refractivity contribution in [1.82, 2.24) is 15.2 Å². The fraction of sp³-hybridized carbons (Fsp3) is 0.714. The molecule has 2 N–H and O–H groups in total. The molecule has 11 heavy (non-hydrogen) atoms. The molecule has 1 aromatic heterocycles. The van der Waals surface area contributed by atoms with Gasteiger partial charge >= 0.3 is 0 Å². The third-order valence-corrected chi connectivity index (χ3v) is 1.44. The summed E-state index contributed by atoms with van der Waals surface area (Å²) in [4.78, 5) is 4.10. The van der Waals surface area contributed by atoms with Gasteiger partial charge in [-0.3, -0.25) is 10.2 Å². The van der Waals surface area contributed by atoms with Crippen molar-refractivity contribution < 1.29 is 0 Å². The molecule has 0 aromatic carbocycles. The van der Waals surface area contributed by atoms with E-state index in [1.165, 1.54) is 0 Å². The van der Waals surface area contributed by atoms with Crippen molar-refractivity contribution in [3.63, 3.8) is 0 Å². The highest BCUT2D eigenvalue weighted by atomic mass is 32.1. The molecule has 0 bridgehead atoms. The first-order valence-corrected chi connectivity index (χ1v) is 4.02. The smallest absolute Gasteiger partial charge is 0.213 e. The quantitative estimate of drug-likeness (QED) is 0.635. The van der Waals surface area contributed by atoms with Gasteiger partial charge in [0.05, 0.1) is 0 Å². The molecule has 4 heteroatoms. The van der Waals surface area contributed by atoms with E-state index in [9.17, 15) is 0 Å². The minimum atomic E-state index is 0.257. The molecule has 0 aliphatic carbocycles. The maximum atomic E-state index is 4.82. The molecule has 3 nitrogen and oxygen atoms in total. The fourth-order valence-electron chi connectivity index (χ4n) is 0.890. The monoisotopic (exact) mass is 171 g/mol. The van der Waals surface area contributed by atoms with Crippen LogP contribution in [-0.4, -0.2) is 15.2 Å². The average molecular weight is 171 g/mol. The topological polar surface area (TPSA) is 44.5 Å². The molecule has 0 saturated carbocycles. The minimum absolute atomic E-state index is 0.257. The second-order valence-corrected chi connectivity index (χ2v) is 4.24. The lowest BCUT2D eigenvalue weighted by atomic mass is 9.92. The maximum Gasteiger partial charge on any atom is 0.213 e. The molecule has 0 saturated heterocycles. The van der Waals surface area contributed by atoms with Gasteiger partial charge in [-0.15, -0.1) is 0 Å². The van der Waals surface area contributed by atoms with Gasteiger partial charge < -0.3 is 0 Å². The predicted molar refractivity (Wildman–Crippen MR) is 46.9 cm³/mol. The summed E-state index contributed by atoms with van der Waals surface area (Å²) in [6.07, 6.45) is 0.917. The lowest BCUT2D eigenvalue weighted by Gasteiger charge is -2.14. The molecule has 0 spiro atoms. The van der Waals surface area contributed by atoms with Gasteiger partial charge in [0.25, 0.3) is 0 Å². The highest BCUT2D eigenvalue weighted by molar-refractivity contribution is 7.71. The molecule has 1 heterocycles. The van der Waals surface area contributed by atoms with Crippen molar-refractivity contribution in [2.45, 2.75) is 27.2 Å². The van der Waals surface area contributed by atoms with E-state index in [4.69, 9.17) is 12.2 Å². The molecule has 0 fully saturated rings. The molecule has 0 atom stereocenters. The number of nitrogens with zero attached hydrogens (tertiary/aromatic N) is 1. The lowest BCUT2D eigenvalue weighted by Crippen LogP contribution is -2.10. The number of aromatic amines is 2. The lowest BCUT2D eigenvalue weighted by molar-refractivity contribution is 0.401. The van der Waals surface area contributed by atoms with Gasteiger partial charge in [0.2, 0.25) is 4.77 Å². The number of rotatable bonds is 1. The van der Waals surface area contributed by atoms with Crippen molar-refractivity contribution in [2.75, 3.05) is 0 Å². The van der Waals surface area contributed by atoms with Crippen LogP contribution in [0.5, 0.6) is 0 Å². The first kappa shape index (κ1) is 8.46. The van der Waals surface area contributed by atoms with E-state index >= 15 is 0 Å². The fourth-order valence-corrected chi connectivity index (χ4v) is 1.05. The van der Waals surface area contributed by atoms with Crippen LogP contribution in [0.2, 0.25) is 0 Å².